The number of allylic oxidation sites excluding steroid dienone is 1. The maximum Gasteiger partial charge on any atom is 0.337 e. The molecule has 0 heterocycles. The minimum absolute atomic E-state index is 0.358. The van der Waals surface area contributed by atoms with E-state index in [0.29, 0.717) is 11.4 Å². The number of hydrogen-bond donors (Lipinski definition) is 1. The number of hydrogen-bond acceptors (Lipinski definition) is 2. The van der Waals surface area contributed by atoms with E-state index in [2.05, 4.69) is 24.5 Å². The van der Waals surface area contributed by atoms with E-state index >= 15 is 0 Å². The Morgan fingerprint density at radius 1 is 1.57 bits per heavy atom. The summed E-state index contributed by atoms with van der Waals surface area (Å²) in [5, 5.41) is 0. The lowest BCUT2D eigenvalue weighted by molar-refractivity contribution is 0.230. The third-order valence-electron chi connectivity index (χ3n) is 1.41. The zero-order valence-electron chi connectivity index (χ0n) is 8.16. The minimum Gasteiger partial charge on any atom is -0.270 e. The Balaban J connectivity index is 4.47. The van der Waals surface area contributed by atoms with Crippen molar-refractivity contribution in [1.29, 1.82) is 0 Å². The van der Waals surface area contributed by atoms with Crippen molar-refractivity contribution < 1.29 is 9.00 Å². The molecule has 0 radical (unpaired) electrons. The maximum atomic E-state index is 11.4. The molecule has 4 nitrogen and oxygen atoms in total. The summed E-state index contributed by atoms with van der Waals surface area (Å²) < 4.78 is 13.3. The number of urea groups is 1. The van der Waals surface area contributed by atoms with Crippen LogP contribution in [0, 0.1) is 0 Å². The lowest BCUT2D eigenvalue weighted by Crippen LogP contribution is -2.36. The fourth-order valence-electron chi connectivity index (χ4n) is 0.648. The number of carbonyl (C=O) groups excluding carboxylic acids is 1. The van der Waals surface area contributed by atoms with Gasteiger partial charge < -0.3 is 0 Å². The van der Waals surface area contributed by atoms with Gasteiger partial charge in [0.2, 0.25) is 0 Å². The van der Waals surface area contributed by atoms with Gasteiger partial charge in [0.15, 0.2) is 0 Å². The Kier molecular flexibility index (Phi) is 5.55. The first kappa shape index (κ1) is 12.6. The molecule has 14 heavy (non-hydrogen) atoms. The van der Waals surface area contributed by atoms with Crippen molar-refractivity contribution in [2.75, 3.05) is 5.75 Å². The van der Waals surface area contributed by atoms with Gasteiger partial charge in [-0.25, -0.2) is 9.00 Å². The van der Waals surface area contributed by atoms with Gasteiger partial charge >= 0.3 is 6.03 Å². The highest BCUT2D eigenvalue weighted by atomic mass is 32.2. The summed E-state index contributed by atoms with van der Waals surface area (Å²) in [5.41, 5.74) is 0.380. The summed E-state index contributed by atoms with van der Waals surface area (Å²) >= 11 is 0. The van der Waals surface area contributed by atoms with Crippen LogP contribution in [0.2, 0.25) is 0 Å². The normalized spacial score (nSPS) is 11.2. The van der Waals surface area contributed by atoms with E-state index in [1.807, 2.05) is 0 Å². The predicted octanol–water partition coefficient (Wildman–Crippen LogP) is 1.52. The van der Waals surface area contributed by atoms with E-state index in [1.165, 1.54) is 12.3 Å². The van der Waals surface area contributed by atoms with Gasteiger partial charge in [-0.15, -0.1) is 0 Å². The Hall–Kier alpha value is -1.36. The van der Waals surface area contributed by atoms with E-state index in [9.17, 15) is 9.00 Å². The van der Waals surface area contributed by atoms with E-state index in [4.69, 9.17) is 0 Å². The van der Waals surface area contributed by atoms with Crippen molar-refractivity contribution in [2.24, 2.45) is 0 Å². The molecule has 0 aliphatic rings. The number of amides is 2. The lowest BCUT2D eigenvalue weighted by atomic mass is 10.4. The van der Waals surface area contributed by atoms with Gasteiger partial charge in [-0.1, -0.05) is 26.7 Å². The molecular formula is C9H14N2O2S. The molecule has 5 heteroatoms. The van der Waals surface area contributed by atoms with Crippen LogP contribution in [-0.2, 0) is 11.0 Å². The summed E-state index contributed by atoms with van der Waals surface area (Å²) in [6.45, 7) is 12.2. The van der Waals surface area contributed by atoms with E-state index < -0.39 is 17.0 Å². The molecule has 0 aliphatic carbocycles. The van der Waals surface area contributed by atoms with Crippen molar-refractivity contribution in [3.05, 3.63) is 37.7 Å². The molecule has 0 fully saturated rings. The van der Waals surface area contributed by atoms with Crippen LogP contribution in [0.25, 0.3) is 0 Å². The number of carbonyl (C=O) groups is 1. The predicted molar refractivity (Wildman–Crippen MR) is 58.6 cm³/mol. The molecule has 0 aromatic heterocycles. The second-order valence-corrected chi connectivity index (χ2v) is 3.76. The number of rotatable bonds is 5. The first-order chi connectivity index (χ1) is 6.56. The summed E-state index contributed by atoms with van der Waals surface area (Å²) in [6.07, 6.45) is 2.70. The molecule has 1 unspecified atom stereocenters. The number of nitrogens with one attached hydrogen (secondary N) is 1. The molecule has 0 aromatic rings. The smallest absolute Gasteiger partial charge is 0.270 e. The van der Waals surface area contributed by atoms with Gasteiger partial charge in [-0.05, 0) is 6.08 Å². The molecular weight excluding hydrogens is 200 g/mol. The van der Waals surface area contributed by atoms with Crippen LogP contribution in [0.5, 0.6) is 0 Å². The van der Waals surface area contributed by atoms with Gasteiger partial charge in [-0.2, -0.15) is 0 Å². The quantitative estimate of drug-likeness (QED) is 0.705. The van der Waals surface area contributed by atoms with Crippen LogP contribution < -0.4 is 4.72 Å². The number of nitrogens with zero attached hydrogens (tertiary/aromatic N) is 1. The van der Waals surface area contributed by atoms with Gasteiger partial charge in [0.25, 0.3) is 0 Å². The highest BCUT2D eigenvalue weighted by molar-refractivity contribution is 7.83. The van der Waals surface area contributed by atoms with Gasteiger partial charge in [0.05, 0.1) is 0 Å². The average molecular weight is 214 g/mol. The highest BCUT2D eigenvalue weighted by Crippen LogP contribution is 2.03. The molecule has 0 aliphatic heterocycles. The standard InChI is InChI=1S/C9H14N2O2S/c1-5-8(4)11(6-2)9(12)10-14(13)7-3/h5-6H,1-2,4,7H2,3H3,(H,10,12). The third-order valence-corrected chi connectivity index (χ3v) is 2.34. The van der Waals surface area contributed by atoms with Gasteiger partial charge in [0.1, 0.15) is 11.0 Å². The van der Waals surface area contributed by atoms with Crippen molar-refractivity contribution >= 4 is 17.0 Å². The molecule has 0 aromatic carbocycles. The van der Waals surface area contributed by atoms with Crippen molar-refractivity contribution in [3.8, 4) is 0 Å². The summed E-state index contributed by atoms with van der Waals surface area (Å²) in [6, 6.07) is -0.523. The maximum absolute atomic E-state index is 11.4. The van der Waals surface area contributed by atoms with Crippen LogP contribution in [0.15, 0.2) is 37.7 Å². The van der Waals surface area contributed by atoms with Crippen LogP contribution in [0.3, 0.4) is 0 Å². The zero-order valence-corrected chi connectivity index (χ0v) is 8.97. The second-order valence-electron chi connectivity index (χ2n) is 2.29. The summed E-state index contributed by atoms with van der Waals surface area (Å²) in [7, 11) is -1.36. The van der Waals surface area contributed by atoms with Gasteiger partial charge in [0, 0.05) is 17.6 Å². The van der Waals surface area contributed by atoms with Crippen molar-refractivity contribution in [1.82, 2.24) is 9.62 Å². The molecule has 1 atom stereocenters. The molecule has 0 spiro atoms. The first-order valence-corrected chi connectivity index (χ1v) is 5.30. The van der Waals surface area contributed by atoms with Gasteiger partial charge in [-0.3, -0.25) is 9.62 Å². The SMILES string of the molecule is C=CC(=C)N(C=C)C(=O)NS(=O)CC. The summed E-state index contributed by atoms with van der Waals surface area (Å²) in [4.78, 5) is 12.5. The van der Waals surface area contributed by atoms with Crippen molar-refractivity contribution in [2.45, 2.75) is 6.92 Å². The largest absolute Gasteiger partial charge is 0.337 e. The van der Waals surface area contributed by atoms with Crippen LogP contribution >= 0.6 is 0 Å². The van der Waals surface area contributed by atoms with Crippen LogP contribution in [0.1, 0.15) is 6.92 Å². The highest BCUT2D eigenvalue weighted by Gasteiger charge is 2.12. The Labute approximate surface area is 86.6 Å². The molecule has 0 saturated carbocycles. The van der Waals surface area contributed by atoms with E-state index in [0.717, 1.165) is 4.90 Å². The van der Waals surface area contributed by atoms with Crippen molar-refractivity contribution in [3.63, 3.8) is 0 Å². The third kappa shape index (κ3) is 3.57. The fourth-order valence-corrected chi connectivity index (χ4v) is 1.09. The Morgan fingerprint density at radius 3 is 2.50 bits per heavy atom. The van der Waals surface area contributed by atoms with Crippen LogP contribution in [-0.4, -0.2) is 20.9 Å². The fraction of sp³-hybridized carbons (Fsp3) is 0.222. The first-order valence-electron chi connectivity index (χ1n) is 3.98. The summed E-state index contributed by atoms with van der Waals surface area (Å²) in [5.74, 6) is 0.358. The molecule has 0 rings (SSSR count). The zero-order chi connectivity index (χ0) is 11.1. The van der Waals surface area contributed by atoms with E-state index in [-0.39, 0.29) is 0 Å². The Bertz CT molecular complexity index is 287. The molecule has 78 valence electrons. The topological polar surface area (TPSA) is 49.4 Å². The minimum atomic E-state index is -1.36. The second kappa shape index (κ2) is 6.15. The molecule has 1 N–H and O–H groups in total. The van der Waals surface area contributed by atoms with E-state index in [1.54, 1.807) is 6.92 Å². The molecule has 2 amide bonds. The molecule has 0 bridgehead atoms. The monoisotopic (exact) mass is 214 g/mol. The van der Waals surface area contributed by atoms with Crippen LogP contribution in [0.4, 0.5) is 4.79 Å². The average Bonchev–Trinajstić information content (AvgIpc) is 2.18. The lowest BCUT2D eigenvalue weighted by Gasteiger charge is -2.17. The Morgan fingerprint density at radius 2 is 2.14 bits per heavy atom. The molecule has 0 saturated heterocycles.